The lowest BCUT2D eigenvalue weighted by atomic mass is 9.91. The maximum absolute atomic E-state index is 12.8. The molecule has 0 radical (unpaired) electrons. The van der Waals surface area contributed by atoms with Crippen molar-refractivity contribution in [2.24, 2.45) is 5.92 Å². The molecule has 1 heterocycles. The van der Waals surface area contributed by atoms with Crippen molar-refractivity contribution in [3.05, 3.63) is 17.7 Å². The average molecular weight is 292 g/mol. The molecule has 1 saturated heterocycles. The third kappa shape index (κ3) is 2.91. The van der Waals surface area contributed by atoms with Gasteiger partial charge in [0, 0.05) is 24.3 Å². The molecule has 116 valence electrons. The first-order chi connectivity index (χ1) is 9.99. The van der Waals surface area contributed by atoms with Gasteiger partial charge in [-0.05, 0) is 31.7 Å². The van der Waals surface area contributed by atoms with Crippen molar-refractivity contribution in [2.45, 2.75) is 32.7 Å². The molecule has 1 amide bonds. The predicted octanol–water partition coefficient (Wildman–Crippen LogP) is 2.55. The predicted molar refractivity (Wildman–Crippen MR) is 82.9 cm³/mol. The Balaban J connectivity index is 2.34. The molecule has 5 nitrogen and oxygen atoms in total. The molecule has 0 aliphatic carbocycles. The van der Waals surface area contributed by atoms with Crippen LogP contribution in [-0.2, 0) is 0 Å². The van der Waals surface area contributed by atoms with Crippen molar-refractivity contribution in [3.63, 3.8) is 0 Å². The standard InChI is InChI=1S/C16H24N2O3/c1-10-6-5-7-18(11(10)2)16(19)12-8-14(20-3)15(21-4)9-13(12)17/h8-11H,5-7,17H2,1-4H3. The normalized spacial score (nSPS) is 22.0. The number of piperidine rings is 1. The number of anilines is 1. The second-order valence-corrected chi connectivity index (χ2v) is 5.65. The fraction of sp³-hybridized carbons (Fsp3) is 0.562. The van der Waals surface area contributed by atoms with Gasteiger partial charge >= 0.3 is 0 Å². The van der Waals surface area contributed by atoms with Gasteiger partial charge in [0.2, 0.25) is 0 Å². The highest BCUT2D eigenvalue weighted by Crippen LogP contribution is 2.34. The number of nitrogen functional groups attached to an aromatic ring is 1. The number of benzene rings is 1. The Morgan fingerprint density at radius 3 is 2.48 bits per heavy atom. The molecule has 1 aliphatic heterocycles. The first-order valence-corrected chi connectivity index (χ1v) is 7.32. The molecule has 0 spiro atoms. The van der Waals surface area contributed by atoms with E-state index in [1.165, 1.54) is 0 Å². The summed E-state index contributed by atoms with van der Waals surface area (Å²) in [5.41, 5.74) is 6.92. The first-order valence-electron chi connectivity index (χ1n) is 7.32. The minimum atomic E-state index is -0.0347. The molecular weight excluding hydrogens is 268 g/mol. The van der Waals surface area contributed by atoms with E-state index in [1.807, 2.05) is 4.90 Å². The summed E-state index contributed by atoms with van der Waals surface area (Å²) in [6, 6.07) is 3.53. The lowest BCUT2D eigenvalue weighted by Crippen LogP contribution is -2.46. The SMILES string of the molecule is COc1cc(N)c(C(=O)N2CCCC(C)C2C)cc1OC. The second kappa shape index (κ2) is 6.24. The van der Waals surface area contributed by atoms with Gasteiger partial charge in [-0.15, -0.1) is 0 Å². The Morgan fingerprint density at radius 1 is 1.24 bits per heavy atom. The van der Waals surface area contributed by atoms with Gasteiger partial charge in [-0.1, -0.05) is 6.92 Å². The highest BCUT2D eigenvalue weighted by molar-refractivity contribution is 6.00. The highest BCUT2D eigenvalue weighted by Gasteiger charge is 2.30. The Morgan fingerprint density at radius 2 is 1.86 bits per heavy atom. The second-order valence-electron chi connectivity index (χ2n) is 5.65. The molecule has 0 bridgehead atoms. The topological polar surface area (TPSA) is 64.8 Å². The van der Waals surface area contributed by atoms with E-state index in [1.54, 1.807) is 26.4 Å². The summed E-state index contributed by atoms with van der Waals surface area (Å²) >= 11 is 0. The summed E-state index contributed by atoms with van der Waals surface area (Å²) in [6.07, 6.45) is 2.19. The summed E-state index contributed by atoms with van der Waals surface area (Å²) in [5.74, 6) is 1.52. The van der Waals surface area contributed by atoms with E-state index >= 15 is 0 Å². The number of likely N-dealkylation sites (tertiary alicyclic amines) is 1. The lowest BCUT2D eigenvalue weighted by Gasteiger charge is -2.38. The Kier molecular flexibility index (Phi) is 4.60. The van der Waals surface area contributed by atoms with Crippen LogP contribution in [0.25, 0.3) is 0 Å². The molecule has 0 aromatic heterocycles. The van der Waals surface area contributed by atoms with Crippen LogP contribution in [0.4, 0.5) is 5.69 Å². The zero-order chi connectivity index (χ0) is 15.6. The fourth-order valence-corrected chi connectivity index (χ4v) is 2.86. The van der Waals surface area contributed by atoms with Crippen molar-refractivity contribution >= 4 is 11.6 Å². The third-order valence-electron chi connectivity index (χ3n) is 4.42. The number of methoxy groups -OCH3 is 2. The minimum Gasteiger partial charge on any atom is -0.493 e. The van der Waals surface area contributed by atoms with E-state index in [0.717, 1.165) is 19.4 Å². The van der Waals surface area contributed by atoms with Crippen molar-refractivity contribution in [1.82, 2.24) is 4.90 Å². The van der Waals surface area contributed by atoms with Gasteiger partial charge in [0.15, 0.2) is 11.5 Å². The van der Waals surface area contributed by atoms with Gasteiger partial charge in [-0.3, -0.25) is 4.79 Å². The van der Waals surface area contributed by atoms with E-state index in [0.29, 0.717) is 28.7 Å². The van der Waals surface area contributed by atoms with E-state index in [4.69, 9.17) is 15.2 Å². The third-order valence-corrected chi connectivity index (χ3v) is 4.42. The number of hydrogen-bond acceptors (Lipinski definition) is 4. The average Bonchev–Trinajstić information content (AvgIpc) is 2.49. The van der Waals surface area contributed by atoms with E-state index in [2.05, 4.69) is 13.8 Å². The molecule has 1 fully saturated rings. The molecule has 5 heteroatoms. The highest BCUT2D eigenvalue weighted by atomic mass is 16.5. The van der Waals surface area contributed by atoms with Gasteiger partial charge in [-0.25, -0.2) is 0 Å². The molecule has 2 rings (SSSR count). The zero-order valence-corrected chi connectivity index (χ0v) is 13.2. The van der Waals surface area contributed by atoms with Gasteiger partial charge in [0.1, 0.15) is 0 Å². The van der Waals surface area contributed by atoms with E-state index in [9.17, 15) is 4.79 Å². The number of nitrogens with two attached hydrogens (primary N) is 1. The number of carbonyl (C=O) groups is 1. The van der Waals surface area contributed by atoms with Gasteiger partial charge in [0.05, 0.1) is 19.8 Å². The molecule has 1 aromatic carbocycles. The molecule has 1 aliphatic rings. The van der Waals surface area contributed by atoms with Gasteiger partial charge in [0.25, 0.3) is 5.91 Å². The number of carbonyl (C=O) groups excluding carboxylic acids is 1. The molecular formula is C16H24N2O3. The Hall–Kier alpha value is -1.91. The van der Waals surface area contributed by atoms with Crippen LogP contribution in [0.5, 0.6) is 11.5 Å². The van der Waals surface area contributed by atoms with Crippen LogP contribution >= 0.6 is 0 Å². The van der Waals surface area contributed by atoms with Crippen molar-refractivity contribution < 1.29 is 14.3 Å². The van der Waals surface area contributed by atoms with Crippen molar-refractivity contribution in [2.75, 3.05) is 26.5 Å². The number of ether oxygens (including phenoxy) is 2. The molecule has 2 unspecified atom stereocenters. The fourth-order valence-electron chi connectivity index (χ4n) is 2.86. The summed E-state index contributed by atoms with van der Waals surface area (Å²) in [4.78, 5) is 14.7. The lowest BCUT2D eigenvalue weighted by molar-refractivity contribution is 0.0551. The van der Waals surface area contributed by atoms with Crippen LogP contribution < -0.4 is 15.2 Å². The van der Waals surface area contributed by atoms with Crippen LogP contribution in [0.2, 0.25) is 0 Å². The smallest absolute Gasteiger partial charge is 0.256 e. The maximum Gasteiger partial charge on any atom is 0.256 e. The van der Waals surface area contributed by atoms with Crippen LogP contribution in [0.15, 0.2) is 12.1 Å². The maximum atomic E-state index is 12.8. The summed E-state index contributed by atoms with van der Waals surface area (Å²) in [5, 5.41) is 0. The van der Waals surface area contributed by atoms with E-state index in [-0.39, 0.29) is 11.9 Å². The number of nitrogens with zero attached hydrogens (tertiary/aromatic N) is 1. The molecule has 2 N–H and O–H groups in total. The van der Waals surface area contributed by atoms with Crippen molar-refractivity contribution in [1.29, 1.82) is 0 Å². The molecule has 1 aromatic rings. The molecule has 2 atom stereocenters. The van der Waals surface area contributed by atoms with Crippen LogP contribution in [-0.4, -0.2) is 37.6 Å². The number of hydrogen-bond donors (Lipinski definition) is 1. The first kappa shape index (κ1) is 15.5. The quantitative estimate of drug-likeness (QED) is 0.870. The monoisotopic (exact) mass is 292 g/mol. The van der Waals surface area contributed by atoms with E-state index < -0.39 is 0 Å². The summed E-state index contributed by atoms with van der Waals surface area (Å²) in [6.45, 7) is 5.05. The zero-order valence-electron chi connectivity index (χ0n) is 13.2. The number of rotatable bonds is 3. The number of amides is 1. The Bertz CT molecular complexity index is 530. The molecule has 21 heavy (non-hydrogen) atoms. The van der Waals surface area contributed by atoms with Crippen LogP contribution in [0.3, 0.4) is 0 Å². The van der Waals surface area contributed by atoms with Gasteiger partial charge in [-0.2, -0.15) is 0 Å². The molecule has 0 saturated carbocycles. The largest absolute Gasteiger partial charge is 0.493 e. The summed E-state index contributed by atoms with van der Waals surface area (Å²) < 4.78 is 10.5. The van der Waals surface area contributed by atoms with Crippen molar-refractivity contribution in [3.8, 4) is 11.5 Å². The van der Waals surface area contributed by atoms with Gasteiger partial charge < -0.3 is 20.1 Å². The minimum absolute atomic E-state index is 0.0347. The van der Waals surface area contributed by atoms with Crippen LogP contribution in [0, 0.1) is 5.92 Å². The van der Waals surface area contributed by atoms with Crippen LogP contribution in [0.1, 0.15) is 37.0 Å². The Labute approximate surface area is 126 Å². The summed E-state index contributed by atoms with van der Waals surface area (Å²) in [7, 11) is 3.10.